The van der Waals surface area contributed by atoms with E-state index in [0.717, 1.165) is 30.6 Å². The molecule has 0 radical (unpaired) electrons. The van der Waals surface area contributed by atoms with E-state index < -0.39 is 12.2 Å². The number of hydrogen-bond donors (Lipinski definition) is 2. The molecule has 0 bridgehead atoms. The lowest BCUT2D eigenvalue weighted by atomic mass is 9.60. The normalized spacial score (nSPS) is 41.1. The van der Waals surface area contributed by atoms with Crippen LogP contribution in [0.4, 0.5) is 0 Å². The van der Waals surface area contributed by atoms with Crippen LogP contribution in [0.25, 0.3) is 0 Å². The summed E-state index contributed by atoms with van der Waals surface area (Å²) in [5, 5.41) is 20.4. The maximum Gasteiger partial charge on any atom is 0.0627 e. The number of unbranched alkanes of at least 4 members (excludes halogenated alkanes) is 2. The van der Waals surface area contributed by atoms with Gasteiger partial charge in [-0.1, -0.05) is 76.7 Å². The van der Waals surface area contributed by atoms with Gasteiger partial charge in [-0.3, -0.25) is 0 Å². The van der Waals surface area contributed by atoms with Crippen molar-refractivity contribution in [3.63, 3.8) is 0 Å². The molecule has 3 aliphatic carbocycles. The van der Waals surface area contributed by atoms with Gasteiger partial charge in [0.05, 0.1) is 12.2 Å². The van der Waals surface area contributed by atoms with E-state index in [1.165, 1.54) is 63.4 Å². The van der Waals surface area contributed by atoms with Gasteiger partial charge in [-0.15, -0.1) is 0 Å². The fourth-order valence-corrected chi connectivity index (χ4v) is 6.74. The molecule has 0 amide bonds. The molecule has 1 unspecified atom stereocenters. The van der Waals surface area contributed by atoms with E-state index >= 15 is 0 Å². The number of aliphatic hydroxyl groups excluding tert-OH is 2. The Morgan fingerprint density at radius 3 is 2.50 bits per heavy atom. The monoisotopic (exact) mass is 388 g/mol. The fraction of sp³-hybridized carbons (Fsp3) is 0.846. The second-order valence-corrected chi connectivity index (χ2v) is 10.5. The highest BCUT2D eigenvalue weighted by molar-refractivity contribution is 5.26. The predicted molar refractivity (Wildman–Crippen MR) is 118 cm³/mol. The first-order chi connectivity index (χ1) is 13.4. The molecule has 6 atom stereocenters. The quantitative estimate of drug-likeness (QED) is 0.515. The van der Waals surface area contributed by atoms with Crippen molar-refractivity contribution in [3.05, 3.63) is 23.3 Å². The summed E-state index contributed by atoms with van der Waals surface area (Å²) >= 11 is 0. The van der Waals surface area contributed by atoms with Crippen molar-refractivity contribution in [3.8, 4) is 0 Å². The SMILES string of the molecule is CCCCC[C@H](C)C1CC[C@H]2/C(=C/C=C3C[C@@H](O)C(C)[C@H](O)C3)CCC[C@]12C. The molecule has 0 aliphatic heterocycles. The third-order valence-corrected chi connectivity index (χ3v) is 8.68. The maximum absolute atomic E-state index is 10.2. The van der Waals surface area contributed by atoms with Gasteiger partial charge in [0.25, 0.3) is 0 Å². The summed E-state index contributed by atoms with van der Waals surface area (Å²) in [7, 11) is 0. The highest BCUT2D eigenvalue weighted by Crippen LogP contribution is 2.59. The molecule has 0 aromatic heterocycles. The van der Waals surface area contributed by atoms with Gasteiger partial charge in [-0.05, 0) is 68.1 Å². The summed E-state index contributed by atoms with van der Waals surface area (Å²) < 4.78 is 0. The molecule has 0 spiro atoms. The van der Waals surface area contributed by atoms with E-state index in [0.29, 0.717) is 5.41 Å². The Balaban J connectivity index is 1.70. The maximum atomic E-state index is 10.2. The van der Waals surface area contributed by atoms with Gasteiger partial charge in [0.1, 0.15) is 0 Å². The molecule has 160 valence electrons. The first-order valence-electron chi connectivity index (χ1n) is 12.1. The Bertz CT molecular complexity index is 563. The van der Waals surface area contributed by atoms with Crippen LogP contribution in [-0.2, 0) is 0 Å². The number of fused-ring (bicyclic) bond motifs is 1. The highest BCUT2D eigenvalue weighted by atomic mass is 16.3. The standard InChI is InChI=1S/C26H44O2/c1-5-6-7-9-18(2)22-13-14-23-21(10-8-15-26(22,23)4)12-11-20-16-24(27)19(3)25(28)17-20/h11-12,18-19,22-25,27-28H,5-10,13-17H2,1-4H3/b20-11?,21-12+/t18-,19?,22?,23-,24+,25+,26+/m0/s1. The molecule has 0 heterocycles. The Morgan fingerprint density at radius 1 is 1.11 bits per heavy atom. The number of rotatable bonds is 6. The summed E-state index contributed by atoms with van der Waals surface area (Å²) in [4.78, 5) is 0. The molecule has 3 saturated carbocycles. The lowest BCUT2D eigenvalue weighted by molar-refractivity contribution is 0.00407. The molecular formula is C26H44O2. The van der Waals surface area contributed by atoms with E-state index in [9.17, 15) is 10.2 Å². The minimum Gasteiger partial charge on any atom is -0.392 e. The summed E-state index contributed by atoms with van der Waals surface area (Å²) in [6.45, 7) is 9.36. The molecule has 0 aromatic carbocycles. The molecule has 28 heavy (non-hydrogen) atoms. The van der Waals surface area contributed by atoms with Gasteiger partial charge in [0, 0.05) is 5.92 Å². The van der Waals surface area contributed by atoms with Crippen LogP contribution in [0.2, 0.25) is 0 Å². The Hall–Kier alpha value is -0.600. The lowest BCUT2D eigenvalue weighted by Gasteiger charge is -2.44. The van der Waals surface area contributed by atoms with Crippen LogP contribution in [0.5, 0.6) is 0 Å². The summed E-state index contributed by atoms with van der Waals surface area (Å²) in [6.07, 6.45) is 17.5. The number of aliphatic hydroxyl groups is 2. The predicted octanol–water partition coefficient (Wildman–Crippen LogP) is 6.42. The van der Waals surface area contributed by atoms with Gasteiger partial charge in [-0.2, -0.15) is 0 Å². The molecule has 2 heteroatoms. The van der Waals surface area contributed by atoms with Crippen LogP contribution in [0, 0.1) is 29.1 Å². The van der Waals surface area contributed by atoms with Crippen molar-refractivity contribution in [2.24, 2.45) is 29.1 Å². The van der Waals surface area contributed by atoms with Crippen LogP contribution in [-0.4, -0.2) is 22.4 Å². The topological polar surface area (TPSA) is 40.5 Å². The second kappa shape index (κ2) is 9.47. The number of allylic oxidation sites excluding steroid dienone is 3. The van der Waals surface area contributed by atoms with Gasteiger partial charge in [0.2, 0.25) is 0 Å². The molecule has 0 saturated heterocycles. The molecule has 3 rings (SSSR count). The Labute approximate surface area is 173 Å². The third kappa shape index (κ3) is 4.59. The van der Waals surface area contributed by atoms with Crippen molar-refractivity contribution >= 4 is 0 Å². The Kier molecular flexibility index (Phi) is 7.48. The largest absolute Gasteiger partial charge is 0.392 e. The zero-order valence-corrected chi connectivity index (χ0v) is 18.8. The third-order valence-electron chi connectivity index (χ3n) is 8.68. The van der Waals surface area contributed by atoms with Gasteiger partial charge < -0.3 is 10.2 Å². The van der Waals surface area contributed by atoms with E-state index in [1.807, 2.05) is 6.92 Å². The minimum absolute atomic E-state index is 0.00689. The molecule has 3 fully saturated rings. The molecule has 3 aliphatic rings. The molecule has 0 aromatic rings. The lowest BCUT2D eigenvalue weighted by Crippen LogP contribution is -2.36. The average Bonchev–Trinajstić information content (AvgIpc) is 3.02. The van der Waals surface area contributed by atoms with E-state index in [-0.39, 0.29) is 5.92 Å². The van der Waals surface area contributed by atoms with Crippen LogP contribution < -0.4 is 0 Å². The fourth-order valence-electron chi connectivity index (χ4n) is 6.74. The molecule has 2 N–H and O–H groups in total. The van der Waals surface area contributed by atoms with Crippen LogP contribution in [0.3, 0.4) is 0 Å². The zero-order valence-electron chi connectivity index (χ0n) is 18.8. The average molecular weight is 389 g/mol. The summed E-state index contributed by atoms with van der Waals surface area (Å²) in [5.41, 5.74) is 3.35. The first kappa shape index (κ1) is 22.1. The van der Waals surface area contributed by atoms with Gasteiger partial charge in [0.15, 0.2) is 0 Å². The van der Waals surface area contributed by atoms with Crippen LogP contribution in [0.15, 0.2) is 23.3 Å². The van der Waals surface area contributed by atoms with Crippen molar-refractivity contribution in [2.75, 3.05) is 0 Å². The first-order valence-corrected chi connectivity index (χ1v) is 12.1. The highest BCUT2D eigenvalue weighted by Gasteiger charge is 2.50. The zero-order chi connectivity index (χ0) is 20.3. The van der Waals surface area contributed by atoms with Gasteiger partial charge >= 0.3 is 0 Å². The minimum atomic E-state index is -0.398. The molecular weight excluding hydrogens is 344 g/mol. The summed E-state index contributed by atoms with van der Waals surface area (Å²) in [5.74, 6) is 2.47. The second-order valence-electron chi connectivity index (χ2n) is 10.5. The van der Waals surface area contributed by atoms with Crippen molar-refractivity contribution in [1.29, 1.82) is 0 Å². The van der Waals surface area contributed by atoms with Crippen LogP contribution in [0.1, 0.15) is 98.3 Å². The van der Waals surface area contributed by atoms with E-state index in [1.54, 1.807) is 5.57 Å². The van der Waals surface area contributed by atoms with E-state index in [2.05, 4.69) is 32.9 Å². The summed E-state index contributed by atoms with van der Waals surface area (Å²) in [6, 6.07) is 0. The van der Waals surface area contributed by atoms with Crippen molar-refractivity contribution in [1.82, 2.24) is 0 Å². The smallest absolute Gasteiger partial charge is 0.0627 e. The van der Waals surface area contributed by atoms with Crippen LogP contribution >= 0.6 is 0 Å². The van der Waals surface area contributed by atoms with Gasteiger partial charge in [-0.25, -0.2) is 0 Å². The Morgan fingerprint density at radius 2 is 1.82 bits per heavy atom. The van der Waals surface area contributed by atoms with Crippen molar-refractivity contribution < 1.29 is 10.2 Å². The molecule has 2 nitrogen and oxygen atoms in total. The number of hydrogen-bond acceptors (Lipinski definition) is 2. The van der Waals surface area contributed by atoms with Crippen molar-refractivity contribution in [2.45, 2.75) is 111 Å². The van der Waals surface area contributed by atoms with E-state index in [4.69, 9.17) is 0 Å².